The lowest BCUT2D eigenvalue weighted by molar-refractivity contribution is -0.137. The van der Waals surface area contributed by atoms with E-state index in [1.165, 1.54) is 18.2 Å². The number of hydrogen-bond donors (Lipinski definition) is 2. The van der Waals surface area contributed by atoms with Gasteiger partial charge in [0.25, 0.3) is 5.91 Å². The molecule has 2 N–H and O–H groups in total. The Labute approximate surface area is 134 Å². The molecule has 2 aliphatic rings. The number of hydrogen-bond acceptors (Lipinski definition) is 3. The average Bonchev–Trinajstić information content (AvgIpc) is 2.79. The zero-order valence-electron chi connectivity index (χ0n) is 12.9. The first-order chi connectivity index (χ1) is 11.1. The van der Waals surface area contributed by atoms with E-state index >= 15 is 0 Å². The number of halogens is 1. The standard InChI is InChI=1S/C17H21FN2O3/c18-15-4-2-1-3-14(15)17(23)19-8-7-16(22)20-11-5-6-12(20)10-13(21)9-11/h1-4,11-13,21H,5-10H2,(H,19,23)/t11-,12+,13?. The zero-order chi connectivity index (χ0) is 16.4. The maximum absolute atomic E-state index is 13.5. The number of aliphatic hydroxyl groups is 1. The first-order valence-electron chi connectivity index (χ1n) is 8.08. The van der Waals surface area contributed by atoms with Crippen molar-refractivity contribution in [2.24, 2.45) is 0 Å². The molecular weight excluding hydrogens is 299 g/mol. The molecule has 2 amide bonds. The van der Waals surface area contributed by atoms with Crippen LogP contribution in [0.5, 0.6) is 0 Å². The summed E-state index contributed by atoms with van der Waals surface area (Å²) in [5.41, 5.74) is -0.0129. The predicted octanol–water partition coefficient (Wildman–Crippen LogP) is 1.46. The highest BCUT2D eigenvalue weighted by Crippen LogP contribution is 2.35. The average molecular weight is 320 g/mol. The van der Waals surface area contributed by atoms with Crippen LogP contribution in [0.25, 0.3) is 0 Å². The molecule has 124 valence electrons. The van der Waals surface area contributed by atoms with Crippen LogP contribution in [0.15, 0.2) is 24.3 Å². The lowest BCUT2D eigenvalue weighted by Crippen LogP contribution is -2.48. The third-order valence-electron chi connectivity index (χ3n) is 4.74. The fourth-order valence-electron chi connectivity index (χ4n) is 3.71. The van der Waals surface area contributed by atoms with Crippen LogP contribution in [-0.2, 0) is 4.79 Å². The molecule has 2 aliphatic heterocycles. The molecule has 1 aromatic rings. The Morgan fingerprint density at radius 1 is 1.22 bits per heavy atom. The second-order valence-electron chi connectivity index (χ2n) is 6.30. The summed E-state index contributed by atoms with van der Waals surface area (Å²) in [6, 6.07) is 6.02. The summed E-state index contributed by atoms with van der Waals surface area (Å²) >= 11 is 0. The highest BCUT2D eigenvalue weighted by molar-refractivity contribution is 5.94. The molecule has 2 bridgehead atoms. The van der Waals surface area contributed by atoms with Crippen molar-refractivity contribution in [1.29, 1.82) is 0 Å². The van der Waals surface area contributed by atoms with Gasteiger partial charge >= 0.3 is 0 Å². The highest BCUT2D eigenvalue weighted by Gasteiger charge is 2.42. The van der Waals surface area contributed by atoms with Crippen molar-refractivity contribution in [3.63, 3.8) is 0 Å². The number of nitrogens with zero attached hydrogens (tertiary/aromatic N) is 1. The van der Waals surface area contributed by atoms with Gasteiger partial charge in [-0.15, -0.1) is 0 Å². The lowest BCUT2D eigenvalue weighted by atomic mass is 9.99. The Kier molecular flexibility index (Phi) is 4.61. The van der Waals surface area contributed by atoms with E-state index < -0.39 is 11.7 Å². The monoisotopic (exact) mass is 320 g/mol. The third kappa shape index (κ3) is 3.37. The molecule has 23 heavy (non-hydrogen) atoms. The molecule has 1 unspecified atom stereocenters. The molecule has 0 spiro atoms. The SMILES string of the molecule is O=C(NCCC(=O)N1[C@@H]2CC[C@H]1CC(O)C2)c1ccccc1F. The number of fused-ring (bicyclic) bond motifs is 2. The van der Waals surface area contributed by atoms with E-state index in [1.54, 1.807) is 6.07 Å². The summed E-state index contributed by atoms with van der Waals surface area (Å²) in [7, 11) is 0. The molecule has 1 aromatic carbocycles. The van der Waals surface area contributed by atoms with Gasteiger partial charge in [0.05, 0.1) is 11.7 Å². The largest absolute Gasteiger partial charge is 0.393 e. The van der Waals surface area contributed by atoms with Crippen LogP contribution >= 0.6 is 0 Å². The molecule has 3 rings (SSSR count). The Hall–Kier alpha value is -1.95. The molecule has 6 heteroatoms. The smallest absolute Gasteiger partial charge is 0.254 e. The highest BCUT2D eigenvalue weighted by atomic mass is 19.1. The molecule has 0 aromatic heterocycles. The van der Waals surface area contributed by atoms with Crippen LogP contribution in [-0.4, -0.2) is 46.6 Å². The number of nitrogens with one attached hydrogen (secondary N) is 1. The number of amides is 2. The van der Waals surface area contributed by atoms with Gasteiger partial charge in [-0.2, -0.15) is 0 Å². The summed E-state index contributed by atoms with van der Waals surface area (Å²) in [6.45, 7) is 0.185. The minimum atomic E-state index is -0.570. The van der Waals surface area contributed by atoms with Crippen LogP contribution in [0.4, 0.5) is 4.39 Å². The quantitative estimate of drug-likeness (QED) is 0.882. The third-order valence-corrected chi connectivity index (χ3v) is 4.74. The van der Waals surface area contributed by atoms with Gasteiger partial charge in [0.1, 0.15) is 5.82 Å². The van der Waals surface area contributed by atoms with Crippen molar-refractivity contribution in [3.8, 4) is 0 Å². The number of piperidine rings is 1. The van der Waals surface area contributed by atoms with E-state index in [9.17, 15) is 19.1 Å². The van der Waals surface area contributed by atoms with Crippen LogP contribution < -0.4 is 5.32 Å². The molecular formula is C17H21FN2O3. The summed E-state index contributed by atoms with van der Waals surface area (Å²) in [5.74, 6) is -1.08. The van der Waals surface area contributed by atoms with Crippen molar-refractivity contribution in [2.75, 3.05) is 6.54 Å². The van der Waals surface area contributed by atoms with Crippen molar-refractivity contribution in [1.82, 2.24) is 10.2 Å². The van der Waals surface area contributed by atoms with E-state index in [-0.39, 0.29) is 42.6 Å². The molecule has 0 radical (unpaired) electrons. The number of carbonyl (C=O) groups is 2. The minimum absolute atomic E-state index is 0.00164. The number of carbonyl (C=O) groups excluding carboxylic acids is 2. The van der Waals surface area contributed by atoms with Crippen molar-refractivity contribution in [2.45, 2.75) is 50.3 Å². The number of rotatable bonds is 4. The zero-order valence-corrected chi connectivity index (χ0v) is 12.9. The topological polar surface area (TPSA) is 69.6 Å². The van der Waals surface area contributed by atoms with Crippen molar-refractivity contribution < 1.29 is 19.1 Å². The van der Waals surface area contributed by atoms with E-state index in [1.807, 2.05) is 4.90 Å². The molecule has 2 heterocycles. The molecule has 2 fully saturated rings. The summed E-state index contributed by atoms with van der Waals surface area (Å²) in [4.78, 5) is 26.1. The van der Waals surface area contributed by atoms with E-state index in [0.29, 0.717) is 12.8 Å². The fourth-order valence-corrected chi connectivity index (χ4v) is 3.71. The van der Waals surface area contributed by atoms with Gasteiger partial charge in [-0.3, -0.25) is 9.59 Å². The minimum Gasteiger partial charge on any atom is -0.393 e. The normalized spacial score (nSPS) is 26.2. The van der Waals surface area contributed by atoms with Crippen molar-refractivity contribution >= 4 is 11.8 Å². The second kappa shape index (κ2) is 6.66. The first-order valence-corrected chi connectivity index (χ1v) is 8.08. The van der Waals surface area contributed by atoms with E-state index in [0.717, 1.165) is 12.8 Å². The maximum Gasteiger partial charge on any atom is 0.254 e. The van der Waals surface area contributed by atoms with E-state index in [2.05, 4.69) is 5.32 Å². The fraction of sp³-hybridized carbons (Fsp3) is 0.529. The first kappa shape index (κ1) is 15.9. The van der Waals surface area contributed by atoms with Crippen LogP contribution in [0.3, 0.4) is 0 Å². The Morgan fingerprint density at radius 2 is 1.87 bits per heavy atom. The number of benzene rings is 1. The lowest BCUT2D eigenvalue weighted by Gasteiger charge is -2.37. The Balaban J connectivity index is 1.50. The van der Waals surface area contributed by atoms with Gasteiger partial charge in [0, 0.05) is 25.0 Å². The van der Waals surface area contributed by atoms with Gasteiger partial charge in [-0.1, -0.05) is 12.1 Å². The van der Waals surface area contributed by atoms with E-state index in [4.69, 9.17) is 0 Å². The van der Waals surface area contributed by atoms with Crippen LogP contribution in [0.1, 0.15) is 42.5 Å². The van der Waals surface area contributed by atoms with Gasteiger partial charge in [0.2, 0.25) is 5.91 Å². The van der Waals surface area contributed by atoms with Crippen LogP contribution in [0.2, 0.25) is 0 Å². The van der Waals surface area contributed by atoms with Crippen molar-refractivity contribution in [3.05, 3.63) is 35.6 Å². The van der Waals surface area contributed by atoms with Gasteiger partial charge < -0.3 is 15.3 Å². The molecule has 5 nitrogen and oxygen atoms in total. The predicted molar refractivity (Wildman–Crippen MR) is 82.2 cm³/mol. The summed E-state index contributed by atoms with van der Waals surface area (Å²) < 4.78 is 13.5. The number of aliphatic hydroxyl groups excluding tert-OH is 1. The van der Waals surface area contributed by atoms with Gasteiger partial charge in [0.15, 0.2) is 0 Å². The summed E-state index contributed by atoms with van der Waals surface area (Å²) in [5, 5.41) is 12.4. The molecule has 0 saturated carbocycles. The Bertz CT molecular complexity index is 593. The maximum atomic E-state index is 13.5. The molecule has 0 aliphatic carbocycles. The van der Waals surface area contributed by atoms with Gasteiger partial charge in [-0.25, -0.2) is 4.39 Å². The molecule has 3 atom stereocenters. The molecule has 2 saturated heterocycles. The van der Waals surface area contributed by atoms with Crippen LogP contribution in [0, 0.1) is 5.82 Å². The Morgan fingerprint density at radius 3 is 2.52 bits per heavy atom. The summed E-state index contributed by atoms with van der Waals surface area (Å²) in [6.07, 6.45) is 3.05. The second-order valence-corrected chi connectivity index (χ2v) is 6.30. The van der Waals surface area contributed by atoms with Gasteiger partial charge in [-0.05, 0) is 37.8 Å².